The summed E-state index contributed by atoms with van der Waals surface area (Å²) >= 11 is 0. The number of amidine groups is 1. The predicted octanol–water partition coefficient (Wildman–Crippen LogP) is 1.78. The van der Waals surface area contributed by atoms with Crippen molar-refractivity contribution in [2.75, 3.05) is 6.54 Å². The lowest BCUT2D eigenvalue weighted by Gasteiger charge is -1.99. The summed E-state index contributed by atoms with van der Waals surface area (Å²) in [7, 11) is 0. The van der Waals surface area contributed by atoms with Crippen LogP contribution in [0.3, 0.4) is 0 Å². The van der Waals surface area contributed by atoms with Crippen LogP contribution < -0.4 is 5.73 Å². The fraction of sp³-hybridized carbons (Fsp3) is 0.455. The first kappa shape index (κ1) is 10.7. The van der Waals surface area contributed by atoms with Gasteiger partial charge in [-0.25, -0.2) is 0 Å². The Labute approximate surface area is 85.1 Å². The first-order chi connectivity index (χ1) is 6.83. The molecular formula is C11H17N3. The van der Waals surface area contributed by atoms with Crippen molar-refractivity contribution in [1.82, 2.24) is 4.98 Å². The van der Waals surface area contributed by atoms with Crippen LogP contribution in [0.15, 0.2) is 29.5 Å². The average molecular weight is 191 g/mol. The Kier molecular flexibility index (Phi) is 4.69. The van der Waals surface area contributed by atoms with Crippen LogP contribution >= 0.6 is 0 Å². The molecule has 0 saturated carbocycles. The summed E-state index contributed by atoms with van der Waals surface area (Å²) in [5.41, 5.74) is 6.94. The maximum absolute atomic E-state index is 5.69. The van der Waals surface area contributed by atoms with Crippen molar-refractivity contribution in [3.05, 3.63) is 30.1 Å². The van der Waals surface area contributed by atoms with Gasteiger partial charge in [0.15, 0.2) is 0 Å². The molecule has 0 amide bonds. The van der Waals surface area contributed by atoms with E-state index in [1.54, 1.807) is 12.4 Å². The quantitative estimate of drug-likeness (QED) is 0.569. The number of pyridine rings is 1. The number of hydrogen-bond acceptors (Lipinski definition) is 2. The smallest absolute Gasteiger partial charge is 0.0937 e. The van der Waals surface area contributed by atoms with E-state index in [1.165, 1.54) is 5.56 Å². The molecule has 76 valence electrons. The molecule has 0 aliphatic carbocycles. The normalized spacial score (nSPS) is 11.6. The molecule has 14 heavy (non-hydrogen) atoms. The third kappa shape index (κ3) is 4.03. The molecule has 0 aliphatic heterocycles. The van der Waals surface area contributed by atoms with Gasteiger partial charge >= 0.3 is 0 Å². The van der Waals surface area contributed by atoms with Crippen LogP contribution in [0, 0.1) is 0 Å². The molecule has 0 unspecified atom stereocenters. The molecular weight excluding hydrogens is 174 g/mol. The van der Waals surface area contributed by atoms with Crippen LogP contribution in [0.4, 0.5) is 0 Å². The van der Waals surface area contributed by atoms with Crippen LogP contribution in [0.1, 0.15) is 25.3 Å². The highest BCUT2D eigenvalue weighted by Crippen LogP contribution is 1.97. The average Bonchev–Trinajstić information content (AvgIpc) is 2.20. The molecule has 0 aromatic carbocycles. The summed E-state index contributed by atoms with van der Waals surface area (Å²) in [5.74, 6) is 0.765. The summed E-state index contributed by atoms with van der Waals surface area (Å²) < 4.78 is 0. The van der Waals surface area contributed by atoms with E-state index < -0.39 is 0 Å². The standard InChI is InChI=1S/C11H17N3/c1-2-3-11(12)14-9-6-10-4-7-13-8-5-10/h4-5,7-8H,2-3,6,9H2,1H3,(H2,12,14). The third-order valence-corrected chi connectivity index (χ3v) is 1.97. The molecule has 0 bridgehead atoms. The van der Waals surface area contributed by atoms with E-state index >= 15 is 0 Å². The van der Waals surface area contributed by atoms with Crippen LogP contribution in [-0.2, 0) is 6.42 Å². The second-order valence-electron chi connectivity index (χ2n) is 3.23. The fourth-order valence-corrected chi connectivity index (χ4v) is 1.21. The second-order valence-corrected chi connectivity index (χ2v) is 3.23. The number of rotatable bonds is 5. The van der Waals surface area contributed by atoms with Crippen molar-refractivity contribution < 1.29 is 0 Å². The Hall–Kier alpha value is -1.38. The van der Waals surface area contributed by atoms with Gasteiger partial charge in [0, 0.05) is 25.4 Å². The highest BCUT2D eigenvalue weighted by Gasteiger charge is 1.92. The van der Waals surface area contributed by atoms with Crippen molar-refractivity contribution in [3.63, 3.8) is 0 Å². The molecule has 0 radical (unpaired) electrons. The monoisotopic (exact) mass is 191 g/mol. The third-order valence-electron chi connectivity index (χ3n) is 1.97. The molecule has 1 aromatic heterocycles. The molecule has 0 fully saturated rings. The van der Waals surface area contributed by atoms with Crippen LogP contribution in [-0.4, -0.2) is 17.4 Å². The van der Waals surface area contributed by atoms with Gasteiger partial charge in [-0.3, -0.25) is 9.98 Å². The van der Waals surface area contributed by atoms with Gasteiger partial charge < -0.3 is 5.73 Å². The molecule has 1 heterocycles. The lowest BCUT2D eigenvalue weighted by atomic mass is 10.2. The molecule has 0 aliphatic rings. The number of aromatic nitrogens is 1. The van der Waals surface area contributed by atoms with Crippen molar-refractivity contribution in [2.45, 2.75) is 26.2 Å². The second kappa shape index (κ2) is 6.13. The van der Waals surface area contributed by atoms with E-state index in [-0.39, 0.29) is 0 Å². The van der Waals surface area contributed by atoms with Crippen LogP contribution in [0.2, 0.25) is 0 Å². The van der Waals surface area contributed by atoms with Gasteiger partial charge in [-0.05, 0) is 30.5 Å². The Morgan fingerprint density at radius 2 is 2.14 bits per heavy atom. The van der Waals surface area contributed by atoms with Gasteiger partial charge in [0.1, 0.15) is 0 Å². The van der Waals surface area contributed by atoms with Gasteiger partial charge in [-0.15, -0.1) is 0 Å². The van der Waals surface area contributed by atoms with Crippen molar-refractivity contribution in [1.29, 1.82) is 0 Å². The summed E-state index contributed by atoms with van der Waals surface area (Å²) in [6, 6.07) is 4.01. The molecule has 3 heteroatoms. The van der Waals surface area contributed by atoms with E-state index in [1.807, 2.05) is 12.1 Å². The minimum Gasteiger partial charge on any atom is -0.387 e. The van der Waals surface area contributed by atoms with Gasteiger partial charge in [-0.2, -0.15) is 0 Å². The highest BCUT2D eigenvalue weighted by atomic mass is 14.8. The number of nitrogens with two attached hydrogens (primary N) is 1. The van der Waals surface area contributed by atoms with Crippen molar-refractivity contribution >= 4 is 5.84 Å². The number of hydrogen-bond donors (Lipinski definition) is 1. The summed E-state index contributed by atoms with van der Waals surface area (Å²) in [6.07, 6.45) is 6.50. The number of nitrogens with zero attached hydrogens (tertiary/aromatic N) is 2. The number of aliphatic imine (C=N–C) groups is 1. The molecule has 0 spiro atoms. The zero-order valence-electron chi connectivity index (χ0n) is 8.61. The zero-order chi connectivity index (χ0) is 10.2. The lowest BCUT2D eigenvalue weighted by molar-refractivity contribution is 0.924. The lowest BCUT2D eigenvalue weighted by Crippen LogP contribution is -2.11. The maximum Gasteiger partial charge on any atom is 0.0937 e. The summed E-state index contributed by atoms with van der Waals surface area (Å²) in [5, 5.41) is 0. The first-order valence-electron chi connectivity index (χ1n) is 5.00. The Bertz CT molecular complexity index is 280. The Balaban J connectivity index is 2.31. The summed E-state index contributed by atoms with van der Waals surface area (Å²) in [6.45, 7) is 2.88. The molecule has 0 saturated heterocycles. The highest BCUT2D eigenvalue weighted by molar-refractivity contribution is 5.80. The van der Waals surface area contributed by atoms with Crippen molar-refractivity contribution in [2.24, 2.45) is 10.7 Å². The first-order valence-corrected chi connectivity index (χ1v) is 5.00. The van der Waals surface area contributed by atoms with Gasteiger partial charge in [0.2, 0.25) is 0 Å². The largest absolute Gasteiger partial charge is 0.387 e. The Morgan fingerprint density at radius 3 is 2.79 bits per heavy atom. The van der Waals surface area contributed by atoms with E-state index in [4.69, 9.17) is 5.73 Å². The van der Waals surface area contributed by atoms with E-state index in [9.17, 15) is 0 Å². The zero-order valence-corrected chi connectivity index (χ0v) is 8.61. The van der Waals surface area contributed by atoms with Gasteiger partial charge in [0.25, 0.3) is 0 Å². The minimum atomic E-state index is 0.765. The topological polar surface area (TPSA) is 51.3 Å². The van der Waals surface area contributed by atoms with Crippen LogP contribution in [0.25, 0.3) is 0 Å². The summed E-state index contributed by atoms with van der Waals surface area (Å²) in [4.78, 5) is 8.24. The molecule has 0 atom stereocenters. The van der Waals surface area contributed by atoms with Crippen LogP contribution in [0.5, 0.6) is 0 Å². The predicted molar refractivity (Wildman–Crippen MR) is 59.3 cm³/mol. The molecule has 1 aromatic rings. The SMILES string of the molecule is CCCC(N)=NCCc1ccncc1. The Morgan fingerprint density at radius 1 is 1.43 bits per heavy atom. The van der Waals surface area contributed by atoms with E-state index in [2.05, 4.69) is 16.9 Å². The molecule has 2 N–H and O–H groups in total. The van der Waals surface area contributed by atoms with E-state index in [0.29, 0.717) is 0 Å². The van der Waals surface area contributed by atoms with E-state index in [0.717, 1.165) is 31.6 Å². The van der Waals surface area contributed by atoms with Gasteiger partial charge in [0.05, 0.1) is 5.84 Å². The van der Waals surface area contributed by atoms with Gasteiger partial charge in [-0.1, -0.05) is 6.92 Å². The molecule has 3 nitrogen and oxygen atoms in total. The van der Waals surface area contributed by atoms with Crippen molar-refractivity contribution in [3.8, 4) is 0 Å². The maximum atomic E-state index is 5.69. The molecule has 1 rings (SSSR count). The fourth-order valence-electron chi connectivity index (χ4n) is 1.21. The minimum absolute atomic E-state index is 0.765.